The highest BCUT2D eigenvalue weighted by molar-refractivity contribution is 5.37. The minimum atomic E-state index is -0.604. The van der Waals surface area contributed by atoms with Gasteiger partial charge in [0.2, 0.25) is 0 Å². The predicted octanol–water partition coefficient (Wildman–Crippen LogP) is 3.71. The highest BCUT2D eigenvalue weighted by Gasteiger charge is 2.01. The van der Waals surface area contributed by atoms with E-state index in [2.05, 4.69) is 5.32 Å². The molecule has 0 unspecified atom stereocenters. The van der Waals surface area contributed by atoms with Gasteiger partial charge in [0.1, 0.15) is 11.6 Å². The molecule has 0 aliphatic heterocycles. The van der Waals surface area contributed by atoms with E-state index in [0.717, 1.165) is 17.2 Å². The third kappa shape index (κ3) is 3.28. The molecule has 2 aromatic carbocycles. The number of hydrogen-bond acceptors (Lipinski definition) is 0. The molecule has 0 aromatic heterocycles. The molecule has 1 nitrogen and oxygen atoms in total. The predicted molar refractivity (Wildman–Crippen MR) is 63.0 cm³/mol. The van der Waals surface area contributed by atoms with Gasteiger partial charge in [-0.05, 0) is 24.6 Å². The van der Waals surface area contributed by atoms with Gasteiger partial charge in [0.15, 0.2) is 0 Å². The van der Waals surface area contributed by atoms with E-state index in [0.29, 0.717) is 12.2 Å². The molecule has 0 saturated heterocycles. The van der Waals surface area contributed by atoms with Crippen LogP contribution in [-0.2, 0) is 6.54 Å². The molecule has 3 heteroatoms. The van der Waals surface area contributed by atoms with E-state index in [1.165, 1.54) is 12.1 Å². The van der Waals surface area contributed by atoms with Gasteiger partial charge < -0.3 is 0 Å². The Morgan fingerprint density at radius 2 is 1.71 bits per heavy atom. The lowest BCUT2D eigenvalue weighted by Gasteiger charge is -2.04. The van der Waals surface area contributed by atoms with Gasteiger partial charge in [0.05, 0.1) is 12.2 Å². The Bertz CT molecular complexity index is 503. The Balaban J connectivity index is 2.07. The van der Waals surface area contributed by atoms with Crippen molar-refractivity contribution < 1.29 is 8.78 Å². The first kappa shape index (κ1) is 11.6. The topological polar surface area (TPSA) is 14.1 Å². The molecule has 0 fully saturated rings. The molecule has 0 saturated carbocycles. The van der Waals surface area contributed by atoms with Crippen molar-refractivity contribution in [3.8, 4) is 0 Å². The maximum absolute atomic E-state index is 12.9. The highest BCUT2D eigenvalue weighted by atomic mass is 19.1. The van der Waals surface area contributed by atoms with E-state index in [1.54, 1.807) is 0 Å². The van der Waals surface area contributed by atoms with Gasteiger partial charge >= 0.3 is 0 Å². The largest absolute Gasteiger partial charge is 0.280 e. The first-order valence-corrected chi connectivity index (χ1v) is 5.32. The summed E-state index contributed by atoms with van der Waals surface area (Å²) in [7, 11) is 0. The Hall–Kier alpha value is -1.90. The first-order chi connectivity index (χ1) is 8.13. The van der Waals surface area contributed by atoms with Crippen molar-refractivity contribution in [2.24, 2.45) is 0 Å². The fourth-order valence-corrected chi connectivity index (χ4v) is 1.62. The lowest BCUT2D eigenvalue weighted by molar-refractivity contribution is 0.581. The second-order valence-electron chi connectivity index (χ2n) is 3.93. The van der Waals surface area contributed by atoms with Crippen molar-refractivity contribution in [1.29, 1.82) is 0 Å². The fraction of sp³-hybridized carbons (Fsp3) is 0.143. The van der Waals surface area contributed by atoms with E-state index >= 15 is 0 Å². The van der Waals surface area contributed by atoms with Crippen LogP contribution in [0.15, 0.2) is 42.5 Å². The molecular formula is C14H12F2N. The van der Waals surface area contributed by atoms with Crippen LogP contribution >= 0.6 is 0 Å². The molecule has 87 valence electrons. The van der Waals surface area contributed by atoms with Gasteiger partial charge in [-0.25, -0.2) is 8.78 Å². The number of benzene rings is 2. The van der Waals surface area contributed by atoms with Crippen LogP contribution in [0.25, 0.3) is 0 Å². The van der Waals surface area contributed by atoms with Crippen LogP contribution in [0.2, 0.25) is 0 Å². The van der Waals surface area contributed by atoms with Crippen molar-refractivity contribution >= 4 is 5.69 Å². The minimum absolute atomic E-state index is 0.323. The van der Waals surface area contributed by atoms with E-state index in [1.807, 2.05) is 31.2 Å². The zero-order valence-electron chi connectivity index (χ0n) is 9.45. The summed E-state index contributed by atoms with van der Waals surface area (Å²) in [5, 5.41) is 4.16. The Morgan fingerprint density at radius 3 is 2.35 bits per heavy atom. The van der Waals surface area contributed by atoms with E-state index in [9.17, 15) is 8.78 Å². The molecule has 2 aromatic rings. The summed E-state index contributed by atoms with van der Waals surface area (Å²) in [6.07, 6.45) is 0. The highest BCUT2D eigenvalue weighted by Crippen LogP contribution is 2.14. The van der Waals surface area contributed by atoms with Crippen LogP contribution in [0.5, 0.6) is 0 Å². The standard InChI is InChI=1S/C14H12F2N/c1-10-3-2-4-11(5-10)9-17-14-7-12(15)6-13(16)8-14/h2-8H,9H2,1H3. The van der Waals surface area contributed by atoms with Crippen molar-refractivity contribution in [1.82, 2.24) is 5.32 Å². The van der Waals surface area contributed by atoms with Gasteiger partial charge in [-0.1, -0.05) is 29.8 Å². The van der Waals surface area contributed by atoms with Crippen LogP contribution in [0.4, 0.5) is 14.5 Å². The average molecular weight is 232 g/mol. The molecule has 0 aliphatic rings. The molecular weight excluding hydrogens is 220 g/mol. The zero-order valence-corrected chi connectivity index (χ0v) is 9.45. The maximum Gasteiger partial charge on any atom is 0.128 e. The quantitative estimate of drug-likeness (QED) is 0.766. The van der Waals surface area contributed by atoms with Crippen molar-refractivity contribution in [2.75, 3.05) is 0 Å². The molecule has 0 spiro atoms. The van der Waals surface area contributed by atoms with Crippen LogP contribution in [0.1, 0.15) is 11.1 Å². The molecule has 0 amide bonds. The van der Waals surface area contributed by atoms with Crippen LogP contribution in [0, 0.1) is 18.6 Å². The Labute approximate surface area is 99.1 Å². The van der Waals surface area contributed by atoms with E-state index < -0.39 is 11.6 Å². The first-order valence-electron chi connectivity index (χ1n) is 5.32. The zero-order chi connectivity index (χ0) is 12.3. The summed E-state index contributed by atoms with van der Waals surface area (Å²) < 4.78 is 25.8. The lowest BCUT2D eigenvalue weighted by atomic mass is 10.1. The number of halogens is 2. The van der Waals surface area contributed by atoms with Crippen LogP contribution in [0.3, 0.4) is 0 Å². The SMILES string of the molecule is Cc1cccc(C[N]c2cc(F)cc(F)c2)c1. The molecule has 17 heavy (non-hydrogen) atoms. The van der Waals surface area contributed by atoms with E-state index in [-0.39, 0.29) is 0 Å². The number of aryl methyl sites for hydroxylation is 1. The fourth-order valence-electron chi connectivity index (χ4n) is 1.62. The minimum Gasteiger partial charge on any atom is -0.280 e. The summed E-state index contributed by atoms with van der Waals surface area (Å²) in [4.78, 5) is 0. The lowest BCUT2D eigenvalue weighted by Crippen LogP contribution is -1.99. The van der Waals surface area contributed by atoms with Gasteiger partial charge in [0.25, 0.3) is 0 Å². The average Bonchev–Trinajstić information content (AvgIpc) is 2.25. The van der Waals surface area contributed by atoms with E-state index in [4.69, 9.17) is 0 Å². The van der Waals surface area contributed by atoms with Gasteiger partial charge in [-0.2, -0.15) is 0 Å². The molecule has 1 radical (unpaired) electrons. The molecule has 0 heterocycles. The van der Waals surface area contributed by atoms with Crippen LogP contribution in [-0.4, -0.2) is 0 Å². The molecule has 0 N–H and O–H groups in total. The second-order valence-corrected chi connectivity index (χ2v) is 3.93. The summed E-state index contributed by atoms with van der Waals surface area (Å²) in [6.45, 7) is 2.41. The Kier molecular flexibility index (Phi) is 3.38. The number of rotatable bonds is 3. The smallest absolute Gasteiger partial charge is 0.128 e. The summed E-state index contributed by atoms with van der Waals surface area (Å²) in [5.41, 5.74) is 2.49. The third-order valence-corrected chi connectivity index (χ3v) is 2.37. The van der Waals surface area contributed by atoms with Crippen molar-refractivity contribution in [2.45, 2.75) is 13.5 Å². The summed E-state index contributed by atoms with van der Waals surface area (Å²) in [6, 6.07) is 11.1. The molecule has 0 bridgehead atoms. The molecule has 0 aliphatic carbocycles. The van der Waals surface area contributed by atoms with Gasteiger partial charge in [-0.3, -0.25) is 5.32 Å². The summed E-state index contributed by atoms with van der Waals surface area (Å²) >= 11 is 0. The molecule has 0 atom stereocenters. The normalized spacial score (nSPS) is 10.3. The van der Waals surface area contributed by atoms with Crippen molar-refractivity contribution in [3.63, 3.8) is 0 Å². The summed E-state index contributed by atoms with van der Waals surface area (Å²) in [5.74, 6) is -1.21. The Morgan fingerprint density at radius 1 is 1.00 bits per heavy atom. The number of hydrogen-bond donors (Lipinski definition) is 0. The maximum atomic E-state index is 12.9. The number of nitrogens with zero attached hydrogens (tertiary/aromatic N) is 1. The van der Waals surface area contributed by atoms with Crippen LogP contribution < -0.4 is 5.32 Å². The second kappa shape index (κ2) is 4.95. The molecule has 2 rings (SSSR count). The third-order valence-electron chi connectivity index (χ3n) is 2.37. The van der Waals surface area contributed by atoms with Gasteiger partial charge in [0, 0.05) is 6.07 Å². The van der Waals surface area contributed by atoms with Crippen molar-refractivity contribution in [3.05, 3.63) is 65.2 Å². The monoisotopic (exact) mass is 232 g/mol. The van der Waals surface area contributed by atoms with Gasteiger partial charge in [-0.15, -0.1) is 0 Å².